The smallest absolute Gasteiger partial charge is 0.341 e. The molecule has 8 heteroatoms. The Balaban J connectivity index is 1.82. The number of fused-ring (bicyclic) bond motifs is 1. The minimum Gasteiger partial charge on any atom is -0.462 e. The van der Waals surface area contributed by atoms with Crippen LogP contribution in [0.3, 0.4) is 0 Å². The van der Waals surface area contributed by atoms with Crippen LogP contribution in [-0.2, 0) is 28.9 Å². The van der Waals surface area contributed by atoms with E-state index in [9.17, 15) is 9.59 Å². The van der Waals surface area contributed by atoms with Crippen molar-refractivity contribution in [1.29, 1.82) is 0 Å². The second-order valence-electron chi connectivity index (χ2n) is 6.33. The highest BCUT2D eigenvalue weighted by Crippen LogP contribution is 2.38. The molecule has 0 bridgehead atoms. The minimum absolute atomic E-state index is 0.101. The van der Waals surface area contributed by atoms with Crippen LogP contribution in [0.15, 0.2) is 10.7 Å². The predicted octanol–water partition coefficient (Wildman–Crippen LogP) is 4.10. The van der Waals surface area contributed by atoms with Gasteiger partial charge in [-0.3, -0.25) is 9.48 Å². The van der Waals surface area contributed by atoms with Gasteiger partial charge in [-0.15, -0.1) is 11.3 Å². The van der Waals surface area contributed by atoms with Gasteiger partial charge in [0.15, 0.2) is 0 Å². The van der Waals surface area contributed by atoms with Gasteiger partial charge in [0.1, 0.15) is 11.5 Å². The van der Waals surface area contributed by atoms with E-state index >= 15 is 0 Å². The average molecular weight is 440 g/mol. The zero-order valence-corrected chi connectivity index (χ0v) is 17.3. The number of carbonyl (C=O) groups is 2. The van der Waals surface area contributed by atoms with Gasteiger partial charge in [0, 0.05) is 4.88 Å². The van der Waals surface area contributed by atoms with Crippen molar-refractivity contribution in [2.45, 2.75) is 52.5 Å². The first-order valence-electron chi connectivity index (χ1n) is 8.80. The zero-order valence-electron chi connectivity index (χ0n) is 14.9. The normalized spacial score (nSPS) is 13.3. The molecule has 0 spiro atoms. The number of aromatic nitrogens is 2. The Hall–Kier alpha value is -1.67. The number of nitrogens with one attached hydrogen (secondary N) is 1. The van der Waals surface area contributed by atoms with Crippen molar-refractivity contribution in [3.63, 3.8) is 0 Å². The number of hydrogen-bond donors (Lipinski definition) is 1. The molecule has 2 aromatic rings. The standard InChI is InChI=1S/C18H22BrN3O3S/c1-3-8-25-18(24)16-12-6-4-5-7-14(12)26-17(16)21-15(23)10-22-11(2)13(19)9-20-22/h9H,3-8,10H2,1-2H3,(H,21,23). The van der Waals surface area contributed by atoms with E-state index in [0.717, 1.165) is 47.8 Å². The lowest BCUT2D eigenvalue weighted by Crippen LogP contribution is -2.21. The Morgan fingerprint density at radius 2 is 2.15 bits per heavy atom. The van der Waals surface area contributed by atoms with E-state index in [1.54, 1.807) is 10.9 Å². The van der Waals surface area contributed by atoms with Crippen LogP contribution in [0.5, 0.6) is 0 Å². The first kappa shape index (κ1) is 19.1. The lowest BCUT2D eigenvalue weighted by atomic mass is 9.95. The molecular weight excluding hydrogens is 418 g/mol. The van der Waals surface area contributed by atoms with Crippen molar-refractivity contribution in [3.8, 4) is 0 Å². The largest absolute Gasteiger partial charge is 0.462 e. The van der Waals surface area contributed by atoms with Gasteiger partial charge in [-0.2, -0.15) is 5.10 Å². The Kier molecular flexibility index (Phi) is 6.13. The van der Waals surface area contributed by atoms with Crippen LogP contribution in [0.4, 0.5) is 5.00 Å². The zero-order chi connectivity index (χ0) is 18.7. The summed E-state index contributed by atoms with van der Waals surface area (Å²) in [5.41, 5.74) is 2.48. The third-order valence-corrected chi connectivity index (χ3v) is 6.39. The molecule has 140 valence electrons. The molecule has 1 amide bonds. The predicted molar refractivity (Wildman–Crippen MR) is 105 cm³/mol. The van der Waals surface area contributed by atoms with Crippen molar-refractivity contribution in [2.75, 3.05) is 11.9 Å². The highest BCUT2D eigenvalue weighted by molar-refractivity contribution is 9.10. The molecule has 0 aromatic carbocycles. The molecule has 1 N–H and O–H groups in total. The summed E-state index contributed by atoms with van der Waals surface area (Å²) >= 11 is 4.89. The van der Waals surface area contributed by atoms with Gasteiger partial charge in [-0.05, 0) is 60.5 Å². The van der Waals surface area contributed by atoms with Crippen LogP contribution >= 0.6 is 27.3 Å². The summed E-state index contributed by atoms with van der Waals surface area (Å²) in [6.45, 7) is 4.34. The summed E-state index contributed by atoms with van der Waals surface area (Å²) < 4.78 is 7.85. The fourth-order valence-electron chi connectivity index (χ4n) is 3.02. The maximum absolute atomic E-state index is 12.6. The monoisotopic (exact) mass is 439 g/mol. The number of hydrogen-bond acceptors (Lipinski definition) is 5. The van der Waals surface area contributed by atoms with Crippen LogP contribution in [-0.4, -0.2) is 28.3 Å². The lowest BCUT2D eigenvalue weighted by molar-refractivity contribution is -0.116. The lowest BCUT2D eigenvalue weighted by Gasteiger charge is -2.12. The number of halogens is 1. The van der Waals surface area contributed by atoms with E-state index in [2.05, 4.69) is 26.3 Å². The van der Waals surface area contributed by atoms with E-state index in [1.807, 2.05) is 13.8 Å². The fraction of sp³-hybridized carbons (Fsp3) is 0.500. The molecule has 1 aliphatic carbocycles. The highest BCUT2D eigenvalue weighted by atomic mass is 79.9. The number of esters is 1. The first-order chi connectivity index (χ1) is 12.5. The number of rotatable bonds is 6. The molecule has 0 radical (unpaired) electrons. The number of amides is 1. The van der Waals surface area contributed by atoms with Crippen LogP contribution < -0.4 is 5.32 Å². The van der Waals surface area contributed by atoms with E-state index in [1.165, 1.54) is 16.2 Å². The summed E-state index contributed by atoms with van der Waals surface area (Å²) in [6, 6.07) is 0. The van der Waals surface area contributed by atoms with Gasteiger partial charge < -0.3 is 10.1 Å². The number of nitrogens with zero attached hydrogens (tertiary/aromatic N) is 2. The summed E-state index contributed by atoms with van der Waals surface area (Å²) in [5.74, 6) is -0.536. The molecule has 0 saturated carbocycles. The van der Waals surface area contributed by atoms with Crippen molar-refractivity contribution >= 4 is 44.1 Å². The third kappa shape index (κ3) is 4.01. The quantitative estimate of drug-likeness (QED) is 0.687. The minimum atomic E-state index is -0.334. The van der Waals surface area contributed by atoms with Crippen LogP contribution in [0.1, 0.15) is 52.7 Å². The van der Waals surface area contributed by atoms with Gasteiger partial charge in [0.25, 0.3) is 0 Å². The number of anilines is 1. The molecule has 1 aliphatic rings. The summed E-state index contributed by atoms with van der Waals surface area (Å²) in [7, 11) is 0. The first-order valence-corrected chi connectivity index (χ1v) is 10.4. The van der Waals surface area contributed by atoms with Crippen LogP contribution in [0.2, 0.25) is 0 Å². The molecule has 6 nitrogen and oxygen atoms in total. The second-order valence-corrected chi connectivity index (χ2v) is 8.29. The van der Waals surface area contributed by atoms with Crippen molar-refractivity contribution in [2.24, 2.45) is 0 Å². The van der Waals surface area contributed by atoms with Crippen LogP contribution in [0, 0.1) is 6.92 Å². The molecule has 0 unspecified atom stereocenters. The van der Waals surface area contributed by atoms with Crippen LogP contribution in [0.25, 0.3) is 0 Å². The average Bonchev–Trinajstić information content (AvgIpc) is 3.14. The van der Waals surface area contributed by atoms with Gasteiger partial charge in [-0.25, -0.2) is 4.79 Å². The SMILES string of the molecule is CCCOC(=O)c1c(NC(=O)Cn2ncc(Br)c2C)sc2c1CCCC2. The number of carbonyl (C=O) groups excluding carboxylic acids is 2. The number of thiophene rings is 1. The Labute approximate surface area is 165 Å². The summed E-state index contributed by atoms with van der Waals surface area (Å²) in [4.78, 5) is 26.3. The van der Waals surface area contributed by atoms with Crippen molar-refractivity contribution < 1.29 is 14.3 Å². The number of aryl methyl sites for hydroxylation is 1. The van der Waals surface area contributed by atoms with Crippen molar-refractivity contribution in [3.05, 3.63) is 32.4 Å². The van der Waals surface area contributed by atoms with Crippen molar-refractivity contribution in [1.82, 2.24) is 9.78 Å². The molecular formula is C18H22BrN3O3S. The maximum Gasteiger partial charge on any atom is 0.341 e. The molecule has 0 aliphatic heterocycles. The molecule has 26 heavy (non-hydrogen) atoms. The Morgan fingerprint density at radius 1 is 1.38 bits per heavy atom. The van der Waals surface area contributed by atoms with E-state index < -0.39 is 0 Å². The Bertz CT molecular complexity index is 828. The van der Waals surface area contributed by atoms with Gasteiger partial charge in [0.05, 0.1) is 28.5 Å². The van der Waals surface area contributed by atoms with E-state index in [4.69, 9.17) is 4.74 Å². The molecule has 0 atom stereocenters. The Morgan fingerprint density at radius 3 is 2.85 bits per heavy atom. The third-order valence-electron chi connectivity index (χ3n) is 4.40. The van der Waals surface area contributed by atoms with E-state index in [-0.39, 0.29) is 18.4 Å². The highest BCUT2D eigenvalue weighted by Gasteiger charge is 2.27. The topological polar surface area (TPSA) is 73.2 Å². The van der Waals surface area contributed by atoms with Gasteiger partial charge >= 0.3 is 5.97 Å². The fourth-order valence-corrected chi connectivity index (χ4v) is 4.61. The van der Waals surface area contributed by atoms with Gasteiger partial charge in [0.2, 0.25) is 5.91 Å². The van der Waals surface area contributed by atoms with Gasteiger partial charge in [-0.1, -0.05) is 6.92 Å². The summed E-state index contributed by atoms with van der Waals surface area (Å²) in [6.07, 6.45) is 6.43. The molecule has 0 saturated heterocycles. The van der Waals surface area contributed by atoms with E-state index in [0.29, 0.717) is 17.2 Å². The number of ether oxygens (including phenoxy) is 1. The molecule has 3 rings (SSSR count). The maximum atomic E-state index is 12.6. The summed E-state index contributed by atoms with van der Waals surface area (Å²) in [5, 5.41) is 7.70. The molecule has 2 heterocycles. The molecule has 0 fully saturated rings. The second kappa shape index (κ2) is 8.35. The molecule has 2 aromatic heterocycles.